The van der Waals surface area contributed by atoms with Crippen LogP contribution < -0.4 is 10.1 Å². The molecule has 0 aliphatic heterocycles. The lowest BCUT2D eigenvalue weighted by molar-refractivity contribution is 0.0504. The predicted octanol–water partition coefficient (Wildman–Crippen LogP) is 5.28. The van der Waals surface area contributed by atoms with Gasteiger partial charge >= 0.3 is 6.09 Å². The van der Waals surface area contributed by atoms with E-state index in [1.54, 1.807) is 6.08 Å². The monoisotopic (exact) mass is 367 g/mol. The lowest BCUT2D eigenvalue weighted by Crippen LogP contribution is -2.40. The van der Waals surface area contributed by atoms with E-state index in [2.05, 4.69) is 11.9 Å². The Morgan fingerprint density at radius 1 is 1.07 bits per heavy atom. The Balaban J connectivity index is 1.89. The molecule has 0 bridgehead atoms. The maximum atomic E-state index is 12.0. The normalized spacial score (nSPS) is 12.1. The number of alkyl carbamates (subject to hydrolysis) is 1. The molecule has 0 aliphatic carbocycles. The largest absolute Gasteiger partial charge is 0.489 e. The van der Waals surface area contributed by atoms with Crippen LogP contribution in [0.2, 0.25) is 0 Å². The summed E-state index contributed by atoms with van der Waals surface area (Å²) in [5.74, 6) is 0.822. The van der Waals surface area contributed by atoms with Gasteiger partial charge in [0.25, 0.3) is 0 Å². The lowest BCUT2D eigenvalue weighted by atomic mass is 10.0. The lowest BCUT2D eigenvalue weighted by Gasteiger charge is -2.23. The zero-order valence-electron chi connectivity index (χ0n) is 16.4. The summed E-state index contributed by atoms with van der Waals surface area (Å²) in [6.45, 7) is 9.87. The highest BCUT2D eigenvalue weighted by atomic mass is 16.6. The summed E-state index contributed by atoms with van der Waals surface area (Å²) in [5, 5.41) is 2.92. The van der Waals surface area contributed by atoms with E-state index < -0.39 is 11.7 Å². The smallest absolute Gasteiger partial charge is 0.407 e. The first kappa shape index (κ1) is 20.6. The number of carbonyl (C=O) groups is 1. The first-order chi connectivity index (χ1) is 12.9. The fraction of sp³-hybridized carbons (Fsp3) is 0.348. The summed E-state index contributed by atoms with van der Waals surface area (Å²) in [6, 6.07) is 18.0. The molecule has 27 heavy (non-hydrogen) atoms. The predicted molar refractivity (Wildman–Crippen MR) is 109 cm³/mol. The Kier molecular flexibility index (Phi) is 7.47. The van der Waals surface area contributed by atoms with Crippen molar-refractivity contribution in [2.45, 2.75) is 51.9 Å². The van der Waals surface area contributed by atoms with E-state index in [1.165, 1.54) is 0 Å². The van der Waals surface area contributed by atoms with Crippen molar-refractivity contribution in [1.82, 2.24) is 5.32 Å². The molecule has 0 aromatic heterocycles. The SMILES string of the molecule is C=CC[C@H](Cc1ccc(OCc2ccccc2)cc1)NC(=O)OC(C)(C)C. The van der Waals surface area contributed by atoms with Crippen molar-refractivity contribution in [2.75, 3.05) is 0 Å². The molecule has 2 aromatic carbocycles. The number of rotatable bonds is 8. The van der Waals surface area contributed by atoms with E-state index in [4.69, 9.17) is 9.47 Å². The van der Waals surface area contributed by atoms with Crippen LogP contribution in [-0.2, 0) is 17.8 Å². The summed E-state index contributed by atoms with van der Waals surface area (Å²) in [5.41, 5.74) is 1.74. The Hall–Kier alpha value is -2.75. The molecule has 0 unspecified atom stereocenters. The summed E-state index contributed by atoms with van der Waals surface area (Å²) in [6.07, 6.45) is 2.77. The Bertz CT molecular complexity index is 718. The van der Waals surface area contributed by atoms with Gasteiger partial charge in [0.2, 0.25) is 0 Å². The fourth-order valence-electron chi connectivity index (χ4n) is 2.62. The van der Waals surface area contributed by atoms with E-state index >= 15 is 0 Å². The van der Waals surface area contributed by atoms with Crippen molar-refractivity contribution in [3.8, 4) is 5.75 Å². The van der Waals surface area contributed by atoms with Crippen LogP contribution in [0, 0.1) is 0 Å². The van der Waals surface area contributed by atoms with E-state index in [-0.39, 0.29) is 6.04 Å². The average Bonchev–Trinajstić information content (AvgIpc) is 2.60. The number of carbonyl (C=O) groups excluding carboxylic acids is 1. The molecule has 2 rings (SSSR count). The average molecular weight is 367 g/mol. The first-order valence-corrected chi connectivity index (χ1v) is 9.22. The summed E-state index contributed by atoms with van der Waals surface area (Å²) in [4.78, 5) is 12.0. The highest BCUT2D eigenvalue weighted by Crippen LogP contribution is 2.16. The van der Waals surface area contributed by atoms with Gasteiger partial charge in [0.1, 0.15) is 18.0 Å². The topological polar surface area (TPSA) is 47.6 Å². The minimum atomic E-state index is -0.513. The number of amides is 1. The summed E-state index contributed by atoms with van der Waals surface area (Å²) in [7, 11) is 0. The van der Waals surface area contributed by atoms with Crippen LogP contribution in [0.1, 0.15) is 38.3 Å². The Labute approximate surface area is 162 Å². The summed E-state index contributed by atoms with van der Waals surface area (Å²) >= 11 is 0. The van der Waals surface area contributed by atoms with E-state index in [1.807, 2.05) is 75.4 Å². The quantitative estimate of drug-likeness (QED) is 0.646. The molecule has 0 radical (unpaired) electrons. The molecule has 1 atom stereocenters. The highest BCUT2D eigenvalue weighted by Gasteiger charge is 2.19. The molecule has 0 spiro atoms. The van der Waals surface area contributed by atoms with Crippen molar-refractivity contribution >= 4 is 6.09 Å². The Morgan fingerprint density at radius 2 is 1.74 bits per heavy atom. The number of nitrogens with one attached hydrogen (secondary N) is 1. The molecule has 1 amide bonds. The van der Waals surface area contributed by atoms with Crippen LogP contribution in [0.4, 0.5) is 4.79 Å². The highest BCUT2D eigenvalue weighted by molar-refractivity contribution is 5.68. The van der Waals surface area contributed by atoms with Crippen LogP contribution in [0.3, 0.4) is 0 Å². The van der Waals surface area contributed by atoms with Gasteiger partial charge in [-0.05, 0) is 56.9 Å². The standard InChI is InChI=1S/C23H29NO3/c1-5-9-20(24-22(25)27-23(2,3)4)16-18-12-14-21(15-13-18)26-17-19-10-7-6-8-11-19/h5-8,10-15,20H,1,9,16-17H2,2-4H3,(H,24,25)/t20-/m1/s1. The second-order valence-corrected chi connectivity index (χ2v) is 7.49. The zero-order chi connectivity index (χ0) is 19.7. The van der Waals surface area contributed by atoms with Gasteiger partial charge in [-0.15, -0.1) is 6.58 Å². The molecule has 0 heterocycles. The van der Waals surface area contributed by atoms with Crippen molar-refractivity contribution in [3.05, 3.63) is 78.4 Å². The van der Waals surface area contributed by atoms with Gasteiger partial charge in [0, 0.05) is 6.04 Å². The minimum Gasteiger partial charge on any atom is -0.489 e. The van der Waals surface area contributed by atoms with Crippen LogP contribution in [0.5, 0.6) is 5.75 Å². The van der Waals surface area contributed by atoms with E-state index in [9.17, 15) is 4.79 Å². The van der Waals surface area contributed by atoms with Gasteiger partial charge in [-0.1, -0.05) is 48.5 Å². The molecule has 1 N–H and O–H groups in total. The number of hydrogen-bond donors (Lipinski definition) is 1. The Morgan fingerprint density at radius 3 is 2.33 bits per heavy atom. The first-order valence-electron chi connectivity index (χ1n) is 9.22. The molecule has 0 fully saturated rings. The molecule has 2 aromatic rings. The molecular formula is C23H29NO3. The van der Waals surface area contributed by atoms with Crippen LogP contribution in [-0.4, -0.2) is 17.7 Å². The minimum absolute atomic E-state index is 0.0616. The van der Waals surface area contributed by atoms with E-state index in [0.717, 1.165) is 16.9 Å². The second kappa shape index (κ2) is 9.81. The molecule has 144 valence electrons. The maximum absolute atomic E-state index is 12.0. The molecular weight excluding hydrogens is 338 g/mol. The van der Waals surface area contributed by atoms with Gasteiger partial charge in [-0.3, -0.25) is 0 Å². The fourth-order valence-corrected chi connectivity index (χ4v) is 2.62. The number of ether oxygens (including phenoxy) is 2. The van der Waals surface area contributed by atoms with Gasteiger partial charge in [-0.25, -0.2) is 4.79 Å². The van der Waals surface area contributed by atoms with Crippen molar-refractivity contribution in [3.63, 3.8) is 0 Å². The molecule has 4 heteroatoms. The van der Waals surface area contributed by atoms with Gasteiger partial charge in [-0.2, -0.15) is 0 Å². The van der Waals surface area contributed by atoms with Crippen LogP contribution >= 0.6 is 0 Å². The van der Waals surface area contributed by atoms with Gasteiger partial charge in [0.05, 0.1) is 0 Å². The zero-order valence-corrected chi connectivity index (χ0v) is 16.4. The number of hydrogen-bond acceptors (Lipinski definition) is 3. The number of benzene rings is 2. The third-order valence-corrected chi connectivity index (χ3v) is 3.83. The maximum Gasteiger partial charge on any atom is 0.407 e. The summed E-state index contributed by atoms with van der Waals surface area (Å²) < 4.78 is 11.2. The molecule has 4 nitrogen and oxygen atoms in total. The van der Waals surface area contributed by atoms with Crippen molar-refractivity contribution < 1.29 is 14.3 Å². The van der Waals surface area contributed by atoms with Gasteiger partial charge < -0.3 is 14.8 Å². The van der Waals surface area contributed by atoms with Crippen molar-refractivity contribution in [2.24, 2.45) is 0 Å². The third kappa shape index (κ3) is 7.99. The van der Waals surface area contributed by atoms with Crippen molar-refractivity contribution in [1.29, 1.82) is 0 Å². The third-order valence-electron chi connectivity index (χ3n) is 3.83. The van der Waals surface area contributed by atoms with E-state index in [0.29, 0.717) is 19.4 Å². The van der Waals surface area contributed by atoms with Gasteiger partial charge in [0.15, 0.2) is 0 Å². The molecule has 0 saturated carbocycles. The van der Waals surface area contributed by atoms with Crippen LogP contribution in [0.15, 0.2) is 67.3 Å². The second-order valence-electron chi connectivity index (χ2n) is 7.49. The molecule has 0 aliphatic rings. The molecule has 0 saturated heterocycles. The van der Waals surface area contributed by atoms with Crippen LogP contribution in [0.25, 0.3) is 0 Å².